The molecule has 0 bridgehead atoms. The van der Waals surface area contributed by atoms with E-state index in [1.54, 1.807) is 38.4 Å². The Kier molecular flexibility index (Phi) is 4.76. The lowest BCUT2D eigenvalue weighted by atomic mass is 10.1. The molecule has 0 aliphatic carbocycles. The van der Waals surface area contributed by atoms with E-state index < -0.39 is 11.8 Å². The first-order valence-electron chi connectivity index (χ1n) is 9.01. The molecule has 29 heavy (non-hydrogen) atoms. The fourth-order valence-corrected chi connectivity index (χ4v) is 3.63. The first kappa shape index (κ1) is 19.0. The molecule has 2 heterocycles. The van der Waals surface area contributed by atoms with Gasteiger partial charge < -0.3 is 4.57 Å². The van der Waals surface area contributed by atoms with Gasteiger partial charge in [0.05, 0.1) is 6.54 Å². The van der Waals surface area contributed by atoms with Crippen LogP contribution in [0.3, 0.4) is 0 Å². The standard InChI is InChI=1S/C22H18FN3O2S/c1-24-20(27)17(21(28)25(2)22(24)29)11-15-13-26(19-10-6-4-8-16(15)19)12-14-7-3-5-9-18(14)23/h3-11,13H,12H2,1-2H3. The van der Waals surface area contributed by atoms with E-state index in [2.05, 4.69) is 0 Å². The molecule has 5 nitrogen and oxygen atoms in total. The largest absolute Gasteiger partial charge is 0.342 e. The molecular formula is C22H18FN3O2S. The molecule has 0 spiro atoms. The quantitative estimate of drug-likeness (QED) is 0.380. The van der Waals surface area contributed by atoms with Gasteiger partial charge in [0.2, 0.25) is 0 Å². The Bertz CT molecular complexity index is 1170. The van der Waals surface area contributed by atoms with Crippen molar-refractivity contribution < 1.29 is 14.0 Å². The van der Waals surface area contributed by atoms with Gasteiger partial charge in [0.15, 0.2) is 5.11 Å². The van der Waals surface area contributed by atoms with Gasteiger partial charge in [0.25, 0.3) is 11.8 Å². The maximum absolute atomic E-state index is 14.1. The molecule has 0 N–H and O–H groups in total. The molecule has 4 rings (SSSR count). The van der Waals surface area contributed by atoms with E-state index >= 15 is 0 Å². The molecule has 7 heteroatoms. The van der Waals surface area contributed by atoms with Crippen LogP contribution in [0.4, 0.5) is 4.39 Å². The summed E-state index contributed by atoms with van der Waals surface area (Å²) in [5.41, 5.74) is 2.19. The predicted molar refractivity (Wildman–Crippen MR) is 114 cm³/mol. The molecule has 1 aliphatic rings. The summed E-state index contributed by atoms with van der Waals surface area (Å²) in [7, 11) is 3.09. The zero-order chi connectivity index (χ0) is 20.7. The van der Waals surface area contributed by atoms with E-state index in [0.717, 1.165) is 10.9 Å². The van der Waals surface area contributed by atoms with E-state index in [0.29, 0.717) is 17.7 Å². The molecule has 0 atom stereocenters. The van der Waals surface area contributed by atoms with Crippen LogP contribution in [0.2, 0.25) is 0 Å². The van der Waals surface area contributed by atoms with Gasteiger partial charge in [-0.1, -0.05) is 36.4 Å². The number of fused-ring (bicyclic) bond motifs is 1. The van der Waals surface area contributed by atoms with Gasteiger partial charge >= 0.3 is 0 Å². The Balaban J connectivity index is 1.82. The summed E-state index contributed by atoms with van der Waals surface area (Å²) in [5, 5.41) is 1.04. The van der Waals surface area contributed by atoms with E-state index in [-0.39, 0.29) is 16.5 Å². The molecular weight excluding hydrogens is 389 g/mol. The minimum atomic E-state index is -0.441. The first-order valence-corrected chi connectivity index (χ1v) is 9.42. The highest BCUT2D eigenvalue weighted by Gasteiger charge is 2.35. The lowest BCUT2D eigenvalue weighted by Crippen LogP contribution is -2.52. The summed E-state index contributed by atoms with van der Waals surface area (Å²) < 4.78 is 16.1. The van der Waals surface area contributed by atoms with Crippen molar-refractivity contribution in [3.63, 3.8) is 0 Å². The van der Waals surface area contributed by atoms with Gasteiger partial charge in [-0.25, -0.2) is 4.39 Å². The number of halogens is 1. The molecule has 2 aromatic carbocycles. The van der Waals surface area contributed by atoms with Crippen molar-refractivity contribution in [1.29, 1.82) is 0 Å². The van der Waals surface area contributed by atoms with Crippen molar-refractivity contribution in [2.24, 2.45) is 0 Å². The number of nitrogens with zero attached hydrogens (tertiary/aromatic N) is 3. The van der Waals surface area contributed by atoms with Crippen molar-refractivity contribution in [3.05, 3.63) is 77.2 Å². The average molecular weight is 407 g/mol. The molecule has 3 aromatic rings. The molecule has 1 aromatic heterocycles. The summed E-state index contributed by atoms with van der Waals surface area (Å²) in [4.78, 5) is 27.8. The van der Waals surface area contributed by atoms with E-state index in [9.17, 15) is 14.0 Å². The second-order valence-electron chi connectivity index (χ2n) is 6.89. The SMILES string of the molecule is CN1C(=O)C(=Cc2cn(Cc3ccccc3F)c3ccccc23)C(=O)N(C)C1=S. The summed E-state index contributed by atoms with van der Waals surface area (Å²) in [6, 6.07) is 14.2. The second-order valence-corrected chi connectivity index (χ2v) is 7.25. The fraction of sp³-hybridized carbons (Fsp3) is 0.136. The van der Waals surface area contributed by atoms with Crippen molar-refractivity contribution in [3.8, 4) is 0 Å². The Morgan fingerprint density at radius 1 is 0.966 bits per heavy atom. The normalized spacial score (nSPS) is 14.9. The number of likely N-dealkylation sites (N-methyl/N-ethyl adjacent to an activating group) is 2. The number of hydrogen-bond acceptors (Lipinski definition) is 3. The number of hydrogen-bond donors (Lipinski definition) is 0. The highest BCUT2D eigenvalue weighted by molar-refractivity contribution is 7.80. The van der Waals surface area contributed by atoms with E-state index in [4.69, 9.17) is 12.2 Å². The number of amides is 2. The molecule has 0 radical (unpaired) electrons. The molecule has 2 amide bonds. The van der Waals surface area contributed by atoms with Crippen molar-refractivity contribution in [2.45, 2.75) is 6.54 Å². The van der Waals surface area contributed by atoms with Crippen LogP contribution in [0.25, 0.3) is 17.0 Å². The lowest BCUT2D eigenvalue weighted by molar-refractivity contribution is -0.132. The first-order chi connectivity index (χ1) is 13.9. The minimum Gasteiger partial charge on any atom is -0.342 e. The third kappa shape index (κ3) is 3.23. The Labute approximate surface area is 172 Å². The van der Waals surface area contributed by atoms with Crippen LogP contribution in [0, 0.1) is 5.82 Å². The number of carbonyl (C=O) groups excluding carboxylic acids is 2. The summed E-state index contributed by atoms with van der Waals surface area (Å²) in [6.07, 6.45) is 3.41. The molecule has 1 aliphatic heterocycles. The third-order valence-corrected chi connectivity index (χ3v) is 5.61. The number of thiocarbonyl (C=S) groups is 1. The number of rotatable bonds is 3. The van der Waals surface area contributed by atoms with Gasteiger partial charge in [-0.2, -0.15) is 0 Å². The summed E-state index contributed by atoms with van der Waals surface area (Å²) in [6.45, 7) is 0.335. The zero-order valence-electron chi connectivity index (χ0n) is 15.9. The van der Waals surface area contributed by atoms with E-state index in [1.165, 1.54) is 15.9 Å². The van der Waals surface area contributed by atoms with Crippen LogP contribution >= 0.6 is 12.2 Å². The maximum Gasteiger partial charge on any atom is 0.265 e. The van der Waals surface area contributed by atoms with Crippen LogP contribution in [-0.4, -0.2) is 45.4 Å². The van der Waals surface area contributed by atoms with Gasteiger partial charge in [-0.3, -0.25) is 19.4 Å². The Morgan fingerprint density at radius 2 is 1.59 bits per heavy atom. The van der Waals surface area contributed by atoms with Crippen LogP contribution in [0.5, 0.6) is 0 Å². The van der Waals surface area contributed by atoms with Crippen LogP contribution in [0.15, 0.2) is 60.3 Å². The number of benzene rings is 2. The van der Waals surface area contributed by atoms with Crippen LogP contribution in [0.1, 0.15) is 11.1 Å². The molecule has 1 saturated heterocycles. The number of para-hydroxylation sites is 1. The topological polar surface area (TPSA) is 45.6 Å². The van der Waals surface area contributed by atoms with Gasteiger partial charge in [0, 0.05) is 42.3 Å². The second kappa shape index (κ2) is 7.25. The van der Waals surface area contributed by atoms with Crippen molar-refractivity contribution >= 4 is 46.1 Å². The number of aromatic nitrogens is 1. The monoisotopic (exact) mass is 407 g/mol. The third-order valence-electron chi connectivity index (χ3n) is 5.06. The van der Waals surface area contributed by atoms with Gasteiger partial charge in [-0.15, -0.1) is 0 Å². The smallest absolute Gasteiger partial charge is 0.265 e. The summed E-state index contributed by atoms with van der Waals surface area (Å²) in [5.74, 6) is -1.16. The predicted octanol–water partition coefficient (Wildman–Crippen LogP) is 3.43. The van der Waals surface area contributed by atoms with Crippen LogP contribution < -0.4 is 0 Å². The van der Waals surface area contributed by atoms with Gasteiger partial charge in [0.1, 0.15) is 11.4 Å². The lowest BCUT2D eigenvalue weighted by Gasteiger charge is -2.31. The molecule has 0 saturated carbocycles. The Morgan fingerprint density at radius 3 is 2.28 bits per heavy atom. The highest BCUT2D eigenvalue weighted by atomic mass is 32.1. The van der Waals surface area contributed by atoms with Crippen molar-refractivity contribution in [1.82, 2.24) is 14.4 Å². The molecule has 0 unspecified atom stereocenters. The number of carbonyl (C=O) groups is 2. The van der Waals surface area contributed by atoms with Crippen molar-refractivity contribution in [2.75, 3.05) is 14.1 Å². The van der Waals surface area contributed by atoms with E-state index in [1.807, 2.05) is 35.0 Å². The summed E-state index contributed by atoms with van der Waals surface area (Å²) >= 11 is 5.13. The van der Waals surface area contributed by atoms with Crippen LogP contribution in [-0.2, 0) is 16.1 Å². The Hall–Kier alpha value is -3.32. The fourth-order valence-electron chi connectivity index (χ4n) is 3.46. The maximum atomic E-state index is 14.1. The zero-order valence-corrected chi connectivity index (χ0v) is 16.7. The molecule has 1 fully saturated rings. The van der Waals surface area contributed by atoms with Gasteiger partial charge in [-0.05, 0) is 30.4 Å². The molecule has 146 valence electrons. The minimum absolute atomic E-state index is 0.0393. The average Bonchev–Trinajstić information content (AvgIpc) is 3.07. The highest BCUT2D eigenvalue weighted by Crippen LogP contribution is 2.27.